The predicted molar refractivity (Wildman–Crippen MR) is 93.8 cm³/mol. The third kappa shape index (κ3) is 3.40. The highest BCUT2D eigenvalue weighted by atomic mass is 32.1. The predicted octanol–water partition coefficient (Wildman–Crippen LogP) is 1.83. The Kier molecular flexibility index (Phi) is 4.46. The van der Waals surface area contributed by atoms with Gasteiger partial charge in [0.1, 0.15) is 4.88 Å². The quantitative estimate of drug-likeness (QED) is 0.715. The Morgan fingerprint density at radius 3 is 3.16 bits per heavy atom. The van der Waals surface area contributed by atoms with E-state index in [1.54, 1.807) is 16.2 Å². The number of rotatable bonds is 3. The van der Waals surface area contributed by atoms with E-state index in [9.17, 15) is 4.79 Å². The Labute approximate surface area is 149 Å². The summed E-state index contributed by atoms with van der Waals surface area (Å²) < 4.78 is 7.50. The molecule has 1 fully saturated rings. The van der Waals surface area contributed by atoms with Crippen LogP contribution in [0.1, 0.15) is 21.1 Å². The molecule has 0 aromatic carbocycles. The summed E-state index contributed by atoms with van der Waals surface area (Å²) in [5.74, 6) is 0.265. The van der Waals surface area contributed by atoms with Crippen molar-refractivity contribution in [3.63, 3.8) is 0 Å². The van der Waals surface area contributed by atoms with E-state index in [1.165, 1.54) is 11.3 Å². The zero-order valence-electron chi connectivity index (χ0n) is 14.0. The van der Waals surface area contributed by atoms with E-state index in [4.69, 9.17) is 4.74 Å². The fourth-order valence-electron chi connectivity index (χ4n) is 3.10. The van der Waals surface area contributed by atoms with Crippen molar-refractivity contribution in [3.05, 3.63) is 46.3 Å². The van der Waals surface area contributed by atoms with E-state index < -0.39 is 0 Å². The fraction of sp³-hybridized carbons (Fsp3) is 0.412. The monoisotopic (exact) mass is 357 g/mol. The molecular formula is C17H19N5O2S. The van der Waals surface area contributed by atoms with Crippen LogP contribution in [0.15, 0.2) is 30.0 Å². The molecule has 4 rings (SSSR count). The molecule has 4 heterocycles. The van der Waals surface area contributed by atoms with Gasteiger partial charge in [0.05, 0.1) is 30.1 Å². The molecule has 1 aliphatic rings. The number of hydrogen-bond acceptors (Lipinski definition) is 6. The Morgan fingerprint density at radius 1 is 1.40 bits per heavy atom. The highest BCUT2D eigenvalue weighted by molar-refractivity contribution is 7.11. The van der Waals surface area contributed by atoms with Crippen molar-refractivity contribution in [1.29, 1.82) is 0 Å². The van der Waals surface area contributed by atoms with Crippen LogP contribution in [0.2, 0.25) is 0 Å². The van der Waals surface area contributed by atoms with Crippen molar-refractivity contribution in [1.82, 2.24) is 24.5 Å². The topological polar surface area (TPSA) is 72.6 Å². The number of amides is 1. The van der Waals surface area contributed by atoms with Gasteiger partial charge in [-0.3, -0.25) is 4.79 Å². The molecule has 25 heavy (non-hydrogen) atoms. The molecule has 8 heteroatoms. The van der Waals surface area contributed by atoms with Crippen LogP contribution < -0.4 is 0 Å². The van der Waals surface area contributed by atoms with Crippen LogP contribution in [0, 0.1) is 12.8 Å². The van der Waals surface area contributed by atoms with Crippen molar-refractivity contribution in [3.8, 4) is 0 Å². The molecule has 130 valence electrons. The third-order valence-corrected chi connectivity index (χ3v) is 5.29. The third-order valence-electron chi connectivity index (χ3n) is 4.37. The van der Waals surface area contributed by atoms with Crippen LogP contribution >= 0.6 is 11.3 Å². The summed E-state index contributed by atoms with van der Waals surface area (Å²) in [7, 11) is 0. The summed E-state index contributed by atoms with van der Waals surface area (Å²) in [5.41, 5.74) is 4.32. The SMILES string of the molecule is Cc1ncsc1C(=O)N1CCOC[C@@H](Cc2ccc3nccn3n2)C1. The summed E-state index contributed by atoms with van der Waals surface area (Å²) >= 11 is 1.40. The highest BCUT2D eigenvalue weighted by Crippen LogP contribution is 2.19. The van der Waals surface area contributed by atoms with E-state index >= 15 is 0 Å². The van der Waals surface area contributed by atoms with Crippen molar-refractivity contribution < 1.29 is 9.53 Å². The average Bonchev–Trinajstić information content (AvgIpc) is 3.18. The molecule has 0 aliphatic carbocycles. The maximum absolute atomic E-state index is 12.8. The lowest BCUT2D eigenvalue weighted by Crippen LogP contribution is -2.36. The zero-order chi connectivity index (χ0) is 17.2. The number of nitrogens with zero attached hydrogens (tertiary/aromatic N) is 5. The van der Waals surface area contributed by atoms with E-state index in [2.05, 4.69) is 15.1 Å². The molecule has 1 saturated heterocycles. The molecule has 1 amide bonds. The van der Waals surface area contributed by atoms with Gasteiger partial charge in [0.2, 0.25) is 0 Å². The van der Waals surface area contributed by atoms with Crippen LogP contribution in [0.25, 0.3) is 5.65 Å². The van der Waals surface area contributed by atoms with Crippen LogP contribution in [-0.2, 0) is 11.2 Å². The summed E-state index contributed by atoms with van der Waals surface area (Å²) in [5, 5.41) is 4.58. The van der Waals surface area contributed by atoms with E-state index in [-0.39, 0.29) is 11.8 Å². The minimum absolute atomic E-state index is 0.0496. The van der Waals surface area contributed by atoms with Crippen LogP contribution in [0.3, 0.4) is 0 Å². The van der Waals surface area contributed by atoms with E-state index in [0.717, 1.165) is 28.3 Å². The number of carbonyl (C=O) groups is 1. The van der Waals surface area contributed by atoms with Crippen molar-refractivity contribution in [2.75, 3.05) is 26.3 Å². The molecule has 7 nitrogen and oxygen atoms in total. The van der Waals surface area contributed by atoms with E-state index in [1.807, 2.05) is 30.2 Å². The summed E-state index contributed by atoms with van der Waals surface area (Å²) in [6.45, 7) is 4.35. The summed E-state index contributed by atoms with van der Waals surface area (Å²) in [4.78, 5) is 23.8. The molecule has 0 N–H and O–H groups in total. The molecule has 0 bridgehead atoms. The second-order valence-corrected chi connectivity index (χ2v) is 7.07. The van der Waals surface area contributed by atoms with Crippen molar-refractivity contribution >= 4 is 22.9 Å². The minimum atomic E-state index is 0.0496. The van der Waals surface area contributed by atoms with Gasteiger partial charge in [-0.15, -0.1) is 11.3 Å². The molecule has 1 aliphatic heterocycles. The zero-order valence-corrected chi connectivity index (χ0v) is 14.8. The first-order valence-electron chi connectivity index (χ1n) is 8.27. The van der Waals surface area contributed by atoms with Gasteiger partial charge in [-0.05, 0) is 25.5 Å². The summed E-state index contributed by atoms with van der Waals surface area (Å²) in [6, 6.07) is 3.95. The fourth-order valence-corrected chi connectivity index (χ4v) is 3.87. The number of imidazole rings is 1. The lowest BCUT2D eigenvalue weighted by Gasteiger charge is -2.23. The number of aryl methyl sites for hydroxylation is 1. The molecule has 0 saturated carbocycles. The Balaban J connectivity index is 1.49. The first-order valence-corrected chi connectivity index (χ1v) is 9.15. The van der Waals surface area contributed by atoms with Gasteiger partial charge in [-0.1, -0.05) is 0 Å². The smallest absolute Gasteiger partial charge is 0.265 e. The largest absolute Gasteiger partial charge is 0.379 e. The van der Waals surface area contributed by atoms with Gasteiger partial charge in [0.25, 0.3) is 5.91 Å². The number of aromatic nitrogens is 4. The number of fused-ring (bicyclic) bond motifs is 1. The Bertz CT molecular complexity index is 890. The first-order chi connectivity index (χ1) is 12.2. The summed E-state index contributed by atoms with van der Waals surface area (Å²) in [6.07, 6.45) is 4.34. The molecule has 0 unspecified atom stereocenters. The first kappa shape index (κ1) is 16.2. The van der Waals surface area contributed by atoms with E-state index in [0.29, 0.717) is 26.3 Å². The number of carbonyl (C=O) groups excluding carboxylic acids is 1. The van der Waals surface area contributed by atoms with Crippen molar-refractivity contribution in [2.24, 2.45) is 5.92 Å². The van der Waals surface area contributed by atoms with Gasteiger partial charge >= 0.3 is 0 Å². The standard InChI is InChI=1S/C17H19N5O2S/c1-12-16(25-11-19-12)17(23)21-6-7-24-10-13(9-21)8-14-2-3-15-18-4-5-22(15)20-14/h2-5,11,13H,6-10H2,1H3/t13-/m0/s1. The molecular weight excluding hydrogens is 338 g/mol. The minimum Gasteiger partial charge on any atom is -0.379 e. The van der Waals surface area contributed by atoms with Crippen LogP contribution in [-0.4, -0.2) is 56.7 Å². The second-order valence-electron chi connectivity index (χ2n) is 6.22. The lowest BCUT2D eigenvalue weighted by molar-refractivity contribution is 0.0741. The Hall–Kier alpha value is -2.32. The molecule has 3 aromatic rings. The number of hydrogen-bond donors (Lipinski definition) is 0. The average molecular weight is 357 g/mol. The van der Waals surface area contributed by atoms with Crippen LogP contribution in [0.4, 0.5) is 0 Å². The van der Waals surface area contributed by atoms with Gasteiger partial charge in [0, 0.05) is 31.4 Å². The van der Waals surface area contributed by atoms with Gasteiger partial charge in [0.15, 0.2) is 5.65 Å². The maximum Gasteiger partial charge on any atom is 0.265 e. The molecule has 0 spiro atoms. The van der Waals surface area contributed by atoms with Gasteiger partial charge in [-0.2, -0.15) is 5.10 Å². The molecule has 1 atom stereocenters. The van der Waals surface area contributed by atoms with Gasteiger partial charge in [-0.25, -0.2) is 14.5 Å². The van der Waals surface area contributed by atoms with Crippen LogP contribution in [0.5, 0.6) is 0 Å². The molecule has 3 aromatic heterocycles. The van der Waals surface area contributed by atoms with Gasteiger partial charge < -0.3 is 9.64 Å². The molecule has 0 radical (unpaired) electrons. The normalized spacial score (nSPS) is 18.4. The number of thiazole rings is 1. The number of ether oxygens (including phenoxy) is 1. The second kappa shape index (κ2) is 6.89. The maximum atomic E-state index is 12.8. The van der Waals surface area contributed by atoms with Crippen molar-refractivity contribution in [2.45, 2.75) is 13.3 Å². The highest BCUT2D eigenvalue weighted by Gasteiger charge is 2.26. The lowest BCUT2D eigenvalue weighted by atomic mass is 10.0. The Morgan fingerprint density at radius 2 is 2.32 bits per heavy atom.